The van der Waals surface area contributed by atoms with E-state index in [-0.39, 0.29) is 46.1 Å². The summed E-state index contributed by atoms with van der Waals surface area (Å²) in [5.41, 5.74) is 10.8. The summed E-state index contributed by atoms with van der Waals surface area (Å²) in [5, 5.41) is 5.37. The van der Waals surface area contributed by atoms with E-state index >= 15 is 0 Å². The number of hydrogen-bond donors (Lipinski definition) is 0. The van der Waals surface area contributed by atoms with Gasteiger partial charge in [-0.3, -0.25) is 0 Å². The normalized spacial score (nSPS) is 11.5. The molecule has 44 heavy (non-hydrogen) atoms. The van der Waals surface area contributed by atoms with Gasteiger partial charge in [0.05, 0.1) is 0 Å². The van der Waals surface area contributed by atoms with E-state index in [2.05, 4.69) is 151 Å². The Hall–Kier alpha value is -3.03. The Morgan fingerprint density at radius 3 is 1.39 bits per heavy atom. The second kappa shape index (κ2) is 14.4. The first kappa shape index (κ1) is 35.4. The van der Waals surface area contributed by atoms with Gasteiger partial charge in [-0.05, 0) is 45.9 Å². The SMILES string of the molecule is CCCC(C)(c1cc2c(-c3cccc(C(C)C)c3)cccc2[cH-]1)c1cc2c(-c3cccc(C(C)C)c3)cccc2[cH-]1.[CH3-].[CH3-].[Hf+4]. The van der Waals surface area contributed by atoms with Gasteiger partial charge in [-0.2, -0.15) is 12.1 Å². The minimum absolute atomic E-state index is 0. The molecule has 0 N–H and O–H groups in total. The molecule has 0 atom stereocenters. The molecule has 224 valence electrons. The smallest absolute Gasteiger partial charge is 0.358 e. The number of rotatable bonds is 8. The first-order valence-electron chi connectivity index (χ1n) is 15.4. The predicted molar refractivity (Wildman–Crippen MR) is 192 cm³/mol. The van der Waals surface area contributed by atoms with Gasteiger partial charge in [0, 0.05) is 0 Å². The molecule has 0 nitrogen and oxygen atoms in total. The summed E-state index contributed by atoms with van der Waals surface area (Å²) in [7, 11) is 0. The maximum absolute atomic E-state index is 2.48. The molecule has 0 unspecified atom stereocenters. The monoisotopic (exact) mass is 744 g/mol. The fourth-order valence-corrected chi connectivity index (χ4v) is 6.70. The average Bonchev–Trinajstić information content (AvgIpc) is 3.63. The third-order valence-electron chi connectivity index (χ3n) is 9.25. The molecule has 0 fully saturated rings. The molecule has 0 saturated heterocycles. The summed E-state index contributed by atoms with van der Waals surface area (Å²) in [6.07, 6.45) is 2.24. The number of benzene rings is 4. The molecule has 0 aliphatic heterocycles. The summed E-state index contributed by atoms with van der Waals surface area (Å²) >= 11 is 0. The summed E-state index contributed by atoms with van der Waals surface area (Å²) in [5.74, 6) is 1.03. The number of fused-ring (bicyclic) bond motifs is 2. The van der Waals surface area contributed by atoms with Crippen molar-refractivity contribution in [1.29, 1.82) is 0 Å². The van der Waals surface area contributed by atoms with Crippen LogP contribution in [0.4, 0.5) is 0 Å². The molecule has 6 rings (SSSR count). The fourth-order valence-electron chi connectivity index (χ4n) is 6.70. The van der Waals surface area contributed by atoms with Crippen LogP contribution in [0, 0.1) is 14.9 Å². The second-order valence-corrected chi connectivity index (χ2v) is 12.7. The summed E-state index contributed by atoms with van der Waals surface area (Å²) in [6, 6.07) is 41.6. The van der Waals surface area contributed by atoms with Crippen molar-refractivity contribution in [1.82, 2.24) is 0 Å². The zero-order chi connectivity index (χ0) is 28.7. The largest absolute Gasteiger partial charge is 4.00 e. The van der Waals surface area contributed by atoms with Gasteiger partial charge in [-0.1, -0.05) is 120 Å². The minimum Gasteiger partial charge on any atom is -0.358 e. The first-order chi connectivity index (χ1) is 19.8. The van der Waals surface area contributed by atoms with E-state index in [4.69, 9.17) is 0 Å². The fraction of sp³-hybridized carbons (Fsp3) is 0.256. The molecule has 6 aromatic rings. The van der Waals surface area contributed by atoms with E-state index in [9.17, 15) is 0 Å². The van der Waals surface area contributed by atoms with Gasteiger partial charge in [0.2, 0.25) is 0 Å². The van der Waals surface area contributed by atoms with Crippen LogP contribution in [0.15, 0.2) is 109 Å². The Balaban J connectivity index is 0.00000176. The topological polar surface area (TPSA) is 0 Å². The molecular formula is C43H48Hf. The predicted octanol–water partition coefficient (Wildman–Crippen LogP) is 13.0. The van der Waals surface area contributed by atoms with Crippen molar-refractivity contribution in [3.63, 3.8) is 0 Å². The van der Waals surface area contributed by atoms with Crippen LogP contribution in [-0.2, 0) is 31.3 Å². The van der Waals surface area contributed by atoms with E-state index in [0.717, 1.165) is 12.8 Å². The molecule has 0 aromatic heterocycles. The third-order valence-corrected chi connectivity index (χ3v) is 9.25. The molecule has 0 amide bonds. The van der Waals surface area contributed by atoms with Crippen LogP contribution >= 0.6 is 0 Å². The molecule has 0 heterocycles. The molecular weight excluding hydrogens is 695 g/mol. The van der Waals surface area contributed by atoms with Crippen molar-refractivity contribution in [2.45, 2.75) is 71.6 Å². The van der Waals surface area contributed by atoms with E-state index in [1.165, 1.54) is 66.1 Å². The van der Waals surface area contributed by atoms with Gasteiger partial charge < -0.3 is 14.9 Å². The van der Waals surface area contributed by atoms with Gasteiger partial charge in [0.15, 0.2) is 0 Å². The van der Waals surface area contributed by atoms with Crippen LogP contribution in [-0.4, -0.2) is 0 Å². The van der Waals surface area contributed by atoms with Gasteiger partial charge >= 0.3 is 25.8 Å². The molecule has 0 aliphatic rings. The molecule has 0 bridgehead atoms. The zero-order valence-corrected chi connectivity index (χ0v) is 31.6. The minimum atomic E-state index is -0.0686. The van der Waals surface area contributed by atoms with Crippen molar-refractivity contribution in [3.05, 3.63) is 146 Å². The van der Waals surface area contributed by atoms with Crippen molar-refractivity contribution in [2.24, 2.45) is 0 Å². The molecule has 0 saturated carbocycles. The van der Waals surface area contributed by atoms with Gasteiger partial charge in [0.1, 0.15) is 0 Å². The third kappa shape index (κ3) is 6.50. The Labute approximate surface area is 286 Å². The Morgan fingerprint density at radius 2 is 1.00 bits per heavy atom. The van der Waals surface area contributed by atoms with E-state index in [0.29, 0.717) is 11.8 Å². The summed E-state index contributed by atoms with van der Waals surface area (Å²) < 4.78 is 0. The van der Waals surface area contributed by atoms with Crippen LogP contribution in [0.25, 0.3) is 43.8 Å². The van der Waals surface area contributed by atoms with Crippen molar-refractivity contribution in [2.75, 3.05) is 0 Å². The van der Waals surface area contributed by atoms with Crippen molar-refractivity contribution in [3.8, 4) is 22.3 Å². The molecule has 0 radical (unpaired) electrons. The molecule has 0 aliphatic carbocycles. The van der Waals surface area contributed by atoms with E-state index in [1.807, 2.05) is 0 Å². The van der Waals surface area contributed by atoms with Crippen molar-refractivity contribution >= 4 is 21.5 Å². The van der Waals surface area contributed by atoms with Crippen molar-refractivity contribution < 1.29 is 25.8 Å². The summed E-state index contributed by atoms with van der Waals surface area (Å²) in [4.78, 5) is 0. The quantitative estimate of drug-likeness (QED) is 0.108. The van der Waals surface area contributed by atoms with Gasteiger partial charge in [-0.15, -0.1) is 69.1 Å². The van der Waals surface area contributed by atoms with Crippen LogP contribution in [0.1, 0.15) is 88.5 Å². The first-order valence-corrected chi connectivity index (χ1v) is 15.4. The standard InChI is InChI=1S/C41H42.2CH3.Hf/c1-7-20-41(6,35-23-33-16-10-18-37(39(33)25-35)31-14-8-12-29(21-31)27(2)3)36-24-34-17-11-19-38(40(34)26-36)32-15-9-13-30(22-32)28(4)5;;;/h8-19,21-28H,7,20H2,1-6H3;2*1H3;/q-2;2*-1;+4. The van der Waals surface area contributed by atoms with Gasteiger partial charge in [0.25, 0.3) is 0 Å². The van der Waals surface area contributed by atoms with Crippen LogP contribution in [0.2, 0.25) is 0 Å². The van der Waals surface area contributed by atoms with Crippen LogP contribution in [0.3, 0.4) is 0 Å². The van der Waals surface area contributed by atoms with Crippen LogP contribution < -0.4 is 0 Å². The second-order valence-electron chi connectivity index (χ2n) is 12.7. The Bertz CT molecular complexity index is 1690. The zero-order valence-electron chi connectivity index (χ0n) is 28.0. The number of hydrogen-bond acceptors (Lipinski definition) is 0. The maximum Gasteiger partial charge on any atom is 4.00 e. The molecule has 1 heteroatoms. The summed E-state index contributed by atoms with van der Waals surface area (Å²) in [6.45, 7) is 13.9. The average molecular weight is 743 g/mol. The molecule has 6 aromatic carbocycles. The van der Waals surface area contributed by atoms with E-state index in [1.54, 1.807) is 0 Å². The maximum atomic E-state index is 2.48. The van der Waals surface area contributed by atoms with Gasteiger partial charge in [-0.25, -0.2) is 0 Å². The van der Waals surface area contributed by atoms with Crippen LogP contribution in [0.5, 0.6) is 0 Å². The van der Waals surface area contributed by atoms with E-state index < -0.39 is 0 Å². The Kier molecular flexibility index (Phi) is 11.6. The Morgan fingerprint density at radius 1 is 0.591 bits per heavy atom. The molecule has 0 spiro atoms.